The number of ether oxygens (including phenoxy) is 2. The number of esters is 1. The summed E-state index contributed by atoms with van der Waals surface area (Å²) in [7, 11) is 0. The average Bonchev–Trinajstić information content (AvgIpc) is 2.21. The minimum absolute atomic E-state index is 0.167. The van der Waals surface area contributed by atoms with Crippen molar-refractivity contribution in [1.82, 2.24) is 0 Å². The van der Waals surface area contributed by atoms with E-state index in [1.807, 2.05) is 0 Å². The molecule has 3 atom stereocenters. The van der Waals surface area contributed by atoms with Gasteiger partial charge in [-0.3, -0.25) is 0 Å². The number of aliphatic hydroxyl groups excluding tert-OH is 2. The van der Waals surface area contributed by atoms with Crippen molar-refractivity contribution < 1.29 is 29.6 Å². The summed E-state index contributed by atoms with van der Waals surface area (Å²) >= 11 is 10.5. The second-order valence-electron chi connectivity index (χ2n) is 3.53. The Morgan fingerprint density at radius 2 is 2.19 bits per heavy atom. The van der Waals surface area contributed by atoms with Gasteiger partial charge >= 0.3 is 5.97 Å². The lowest BCUT2D eigenvalue weighted by atomic mass is 9.93. The van der Waals surface area contributed by atoms with Gasteiger partial charge in [-0.1, -0.05) is 23.2 Å². The zero-order valence-electron chi connectivity index (χ0n) is 8.18. The molecule has 0 spiro atoms. The summed E-state index contributed by atoms with van der Waals surface area (Å²) in [6, 6.07) is 0. The van der Waals surface area contributed by atoms with Crippen molar-refractivity contribution in [2.45, 2.75) is 29.3 Å². The zero-order valence-corrected chi connectivity index (χ0v) is 9.69. The van der Waals surface area contributed by atoms with Gasteiger partial charge in [0.25, 0.3) is 0 Å². The Balaban J connectivity index is 2.48. The van der Waals surface area contributed by atoms with Gasteiger partial charge < -0.3 is 24.8 Å². The minimum atomic E-state index is -1.75. The first-order chi connectivity index (χ1) is 7.35. The van der Waals surface area contributed by atoms with Gasteiger partial charge in [0, 0.05) is 6.42 Å². The highest BCUT2D eigenvalue weighted by Gasteiger charge is 2.43. The molecule has 0 aliphatic carbocycles. The van der Waals surface area contributed by atoms with E-state index >= 15 is 0 Å². The number of aliphatic hydroxyl groups is 3. The SMILES string of the molecule is O=C(OC[C@@]1(O)CO[C@@H](O)C[C@H]1O)C(Cl)Cl. The lowest BCUT2D eigenvalue weighted by Crippen LogP contribution is -2.56. The van der Waals surface area contributed by atoms with Crippen LogP contribution >= 0.6 is 23.2 Å². The summed E-state index contributed by atoms with van der Waals surface area (Å²) in [6.07, 6.45) is -2.56. The van der Waals surface area contributed by atoms with Crippen molar-refractivity contribution in [3.8, 4) is 0 Å². The predicted molar refractivity (Wildman–Crippen MR) is 54.0 cm³/mol. The first kappa shape index (κ1) is 14.0. The first-order valence-electron chi connectivity index (χ1n) is 4.50. The van der Waals surface area contributed by atoms with Gasteiger partial charge in [0.1, 0.15) is 12.2 Å². The van der Waals surface area contributed by atoms with Gasteiger partial charge in [0.2, 0.25) is 4.84 Å². The van der Waals surface area contributed by atoms with Gasteiger partial charge in [0.15, 0.2) is 6.29 Å². The molecule has 0 aromatic carbocycles. The molecule has 0 unspecified atom stereocenters. The van der Waals surface area contributed by atoms with Gasteiger partial charge in [-0.25, -0.2) is 4.79 Å². The Morgan fingerprint density at radius 3 is 2.69 bits per heavy atom. The lowest BCUT2D eigenvalue weighted by molar-refractivity contribution is -0.246. The maximum absolute atomic E-state index is 10.9. The number of carbonyl (C=O) groups is 1. The monoisotopic (exact) mass is 274 g/mol. The highest BCUT2D eigenvalue weighted by molar-refractivity contribution is 6.52. The molecule has 16 heavy (non-hydrogen) atoms. The van der Waals surface area contributed by atoms with Crippen molar-refractivity contribution >= 4 is 29.2 Å². The standard InChI is InChI=1S/C8H12Cl2O6/c9-6(10)7(13)16-3-8(14)2-15-5(12)1-4(8)11/h4-6,11-12,14H,1-3H2/t4-,5-,8+/m1/s1. The van der Waals surface area contributed by atoms with E-state index in [9.17, 15) is 15.0 Å². The van der Waals surface area contributed by atoms with Crippen LogP contribution in [0.5, 0.6) is 0 Å². The largest absolute Gasteiger partial charge is 0.460 e. The number of alkyl halides is 2. The molecule has 0 amide bonds. The molecule has 0 radical (unpaired) electrons. The molecule has 1 aliphatic heterocycles. The molecule has 6 nitrogen and oxygen atoms in total. The van der Waals surface area contributed by atoms with Gasteiger partial charge in [-0.15, -0.1) is 0 Å². The molecule has 94 valence electrons. The number of hydrogen-bond donors (Lipinski definition) is 3. The number of rotatable bonds is 3. The fraction of sp³-hybridized carbons (Fsp3) is 0.875. The van der Waals surface area contributed by atoms with Crippen molar-refractivity contribution in [1.29, 1.82) is 0 Å². The molecule has 1 fully saturated rings. The smallest absolute Gasteiger partial charge is 0.339 e. The summed E-state index contributed by atoms with van der Waals surface area (Å²) in [5.41, 5.74) is -1.75. The highest BCUT2D eigenvalue weighted by atomic mass is 35.5. The molecule has 0 saturated carbocycles. The molecule has 1 aliphatic rings. The second kappa shape index (κ2) is 5.48. The van der Waals surface area contributed by atoms with E-state index in [0.717, 1.165) is 0 Å². The van der Waals surface area contributed by atoms with Crippen LogP contribution in [0, 0.1) is 0 Å². The maximum atomic E-state index is 10.9. The number of carbonyl (C=O) groups excluding carboxylic acids is 1. The van der Waals surface area contributed by atoms with E-state index < -0.39 is 35.4 Å². The van der Waals surface area contributed by atoms with E-state index in [1.165, 1.54) is 0 Å². The van der Waals surface area contributed by atoms with E-state index in [2.05, 4.69) is 4.74 Å². The van der Waals surface area contributed by atoms with E-state index in [1.54, 1.807) is 0 Å². The normalized spacial score (nSPS) is 35.1. The van der Waals surface area contributed by atoms with E-state index in [0.29, 0.717) is 0 Å². The summed E-state index contributed by atoms with van der Waals surface area (Å²) in [5, 5.41) is 28.4. The van der Waals surface area contributed by atoms with Crippen LogP contribution in [-0.2, 0) is 14.3 Å². The Hall–Kier alpha value is -0.110. The molecule has 0 aromatic rings. The topological polar surface area (TPSA) is 96.2 Å². The molecule has 1 saturated heterocycles. The number of halogens is 2. The Bertz CT molecular complexity index is 261. The highest BCUT2D eigenvalue weighted by Crippen LogP contribution is 2.23. The zero-order chi connectivity index (χ0) is 12.3. The predicted octanol–water partition coefficient (Wildman–Crippen LogP) is -0.836. The lowest BCUT2D eigenvalue weighted by Gasteiger charge is -2.37. The second-order valence-corrected chi connectivity index (χ2v) is 4.63. The van der Waals surface area contributed by atoms with Crippen LogP contribution in [0.2, 0.25) is 0 Å². The third kappa shape index (κ3) is 3.44. The number of hydrogen-bond acceptors (Lipinski definition) is 6. The summed E-state index contributed by atoms with van der Waals surface area (Å²) in [6.45, 7) is -0.854. The molecule has 1 rings (SSSR count). The fourth-order valence-electron chi connectivity index (χ4n) is 1.21. The summed E-state index contributed by atoms with van der Waals surface area (Å²) in [4.78, 5) is 9.58. The van der Waals surface area contributed by atoms with Crippen LogP contribution in [0.1, 0.15) is 6.42 Å². The van der Waals surface area contributed by atoms with Crippen LogP contribution < -0.4 is 0 Å². The molecular formula is C8H12Cl2O6. The first-order valence-corrected chi connectivity index (χ1v) is 5.37. The third-order valence-corrected chi connectivity index (χ3v) is 2.57. The van der Waals surface area contributed by atoms with Crippen LogP contribution in [0.3, 0.4) is 0 Å². The molecule has 3 N–H and O–H groups in total. The minimum Gasteiger partial charge on any atom is -0.460 e. The third-order valence-electron chi connectivity index (χ3n) is 2.21. The van der Waals surface area contributed by atoms with Gasteiger partial charge in [-0.2, -0.15) is 0 Å². The molecule has 8 heteroatoms. The van der Waals surface area contributed by atoms with Gasteiger partial charge in [0.05, 0.1) is 12.7 Å². The van der Waals surface area contributed by atoms with Crippen LogP contribution in [-0.4, -0.2) is 57.3 Å². The fourth-order valence-corrected chi connectivity index (χ4v) is 1.34. The van der Waals surface area contributed by atoms with Crippen molar-refractivity contribution in [3.63, 3.8) is 0 Å². The summed E-state index contributed by atoms with van der Waals surface area (Å²) < 4.78 is 9.32. The maximum Gasteiger partial charge on any atom is 0.339 e. The Kier molecular flexibility index (Phi) is 4.78. The van der Waals surface area contributed by atoms with Crippen molar-refractivity contribution in [3.05, 3.63) is 0 Å². The van der Waals surface area contributed by atoms with Crippen LogP contribution in [0.15, 0.2) is 0 Å². The Labute approximate surface area is 102 Å². The molecule has 1 heterocycles. The van der Waals surface area contributed by atoms with Crippen molar-refractivity contribution in [2.75, 3.05) is 13.2 Å². The van der Waals surface area contributed by atoms with E-state index in [4.69, 9.17) is 33.0 Å². The van der Waals surface area contributed by atoms with Gasteiger partial charge in [-0.05, 0) is 0 Å². The van der Waals surface area contributed by atoms with E-state index in [-0.39, 0.29) is 13.0 Å². The quantitative estimate of drug-likeness (QED) is 0.459. The van der Waals surface area contributed by atoms with Crippen LogP contribution in [0.25, 0.3) is 0 Å². The molecule has 0 aromatic heterocycles. The molecule has 0 bridgehead atoms. The van der Waals surface area contributed by atoms with Crippen LogP contribution in [0.4, 0.5) is 0 Å². The van der Waals surface area contributed by atoms with Crippen molar-refractivity contribution in [2.24, 2.45) is 0 Å². The molecular weight excluding hydrogens is 263 g/mol. The Morgan fingerprint density at radius 1 is 1.56 bits per heavy atom. The average molecular weight is 275 g/mol. The summed E-state index contributed by atoms with van der Waals surface area (Å²) in [5.74, 6) is -0.921.